The first-order valence-corrected chi connectivity index (χ1v) is 5.34. The minimum Gasteiger partial charge on any atom is -0.486 e. The van der Waals surface area contributed by atoms with Gasteiger partial charge in [0.1, 0.15) is 16.9 Å². The summed E-state index contributed by atoms with van der Waals surface area (Å²) in [4.78, 5) is 16.4. The Kier molecular flexibility index (Phi) is 1.97. The molecule has 1 saturated heterocycles. The number of likely N-dealkylation sites (tertiary alicyclic amines) is 1. The number of hydrogen-bond acceptors (Lipinski definition) is 3. The fourth-order valence-corrected chi connectivity index (χ4v) is 2.57. The average molecular weight is 241 g/mol. The van der Waals surface area contributed by atoms with Crippen molar-refractivity contribution < 1.29 is 14.6 Å². The van der Waals surface area contributed by atoms with E-state index in [0.717, 1.165) is 5.56 Å². The van der Waals surface area contributed by atoms with E-state index in [1.807, 2.05) is 0 Å². The maximum atomic E-state index is 11.1. The molecule has 1 N–H and O–H groups in total. The lowest BCUT2D eigenvalue weighted by Crippen LogP contribution is -2.29. The Balaban J connectivity index is 2.09. The highest BCUT2D eigenvalue weighted by molar-refractivity contribution is 6.32. The van der Waals surface area contributed by atoms with E-state index in [2.05, 4.69) is 4.98 Å². The van der Waals surface area contributed by atoms with Crippen molar-refractivity contribution in [3.05, 3.63) is 23.0 Å². The topological polar surface area (TPSA) is 62.7 Å². The lowest BCUT2D eigenvalue weighted by molar-refractivity contribution is 0.139. The van der Waals surface area contributed by atoms with Gasteiger partial charge in [-0.15, -0.1) is 0 Å². The van der Waals surface area contributed by atoms with Crippen LogP contribution in [-0.2, 0) is 0 Å². The third-order valence-electron chi connectivity index (χ3n) is 3.03. The van der Waals surface area contributed by atoms with Gasteiger partial charge in [0, 0.05) is 24.4 Å². The van der Waals surface area contributed by atoms with E-state index in [-0.39, 0.29) is 12.1 Å². The molecule has 1 aromatic heterocycles. The van der Waals surface area contributed by atoms with Gasteiger partial charge in [-0.2, -0.15) is 0 Å². The number of pyridine rings is 1. The lowest BCUT2D eigenvalue weighted by Gasteiger charge is -2.25. The Morgan fingerprint density at radius 2 is 2.44 bits per heavy atom. The Morgan fingerprint density at radius 3 is 3.19 bits per heavy atom. The van der Waals surface area contributed by atoms with Crippen LogP contribution in [0.5, 0.6) is 5.75 Å². The fourth-order valence-electron chi connectivity index (χ4n) is 2.36. The van der Waals surface area contributed by atoms with Crippen LogP contribution in [0.2, 0.25) is 5.02 Å². The fraction of sp³-hybridized carbons (Fsp3) is 0.400. The highest BCUT2D eigenvalue weighted by Crippen LogP contribution is 2.45. The van der Waals surface area contributed by atoms with Gasteiger partial charge in [-0.1, -0.05) is 11.6 Å². The molecule has 5 nitrogen and oxygen atoms in total. The first kappa shape index (κ1) is 9.72. The van der Waals surface area contributed by atoms with Gasteiger partial charge in [0.05, 0.1) is 12.6 Å². The number of carboxylic acid groups (broad SMARTS) is 1. The van der Waals surface area contributed by atoms with Crippen molar-refractivity contribution in [2.75, 3.05) is 6.54 Å². The summed E-state index contributed by atoms with van der Waals surface area (Å²) in [6.45, 7) is 0.394. The van der Waals surface area contributed by atoms with Crippen molar-refractivity contribution in [3.63, 3.8) is 0 Å². The van der Waals surface area contributed by atoms with Gasteiger partial charge in [0.25, 0.3) is 0 Å². The Hall–Kier alpha value is -1.49. The number of ether oxygens (including phenoxy) is 1. The summed E-state index contributed by atoms with van der Waals surface area (Å²) in [5.41, 5.74) is 0.767. The molecule has 0 radical (unpaired) electrons. The van der Waals surface area contributed by atoms with Gasteiger partial charge in [-0.3, -0.25) is 9.88 Å². The Labute approximate surface area is 96.6 Å². The maximum absolute atomic E-state index is 11.1. The van der Waals surface area contributed by atoms with Gasteiger partial charge in [-0.05, 0) is 0 Å². The quantitative estimate of drug-likeness (QED) is 0.753. The predicted molar refractivity (Wildman–Crippen MR) is 55.8 cm³/mol. The molecule has 3 heterocycles. The summed E-state index contributed by atoms with van der Waals surface area (Å²) in [5, 5.41) is 9.52. The van der Waals surface area contributed by atoms with Crippen molar-refractivity contribution in [1.82, 2.24) is 9.88 Å². The third kappa shape index (κ3) is 1.24. The molecule has 2 aliphatic rings. The van der Waals surface area contributed by atoms with Gasteiger partial charge in [-0.25, -0.2) is 4.79 Å². The normalized spacial score (nSPS) is 26.2. The van der Waals surface area contributed by atoms with E-state index < -0.39 is 6.09 Å². The first-order valence-electron chi connectivity index (χ1n) is 4.96. The zero-order valence-corrected chi connectivity index (χ0v) is 9.02. The summed E-state index contributed by atoms with van der Waals surface area (Å²) in [7, 11) is 0. The van der Waals surface area contributed by atoms with E-state index in [1.165, 1.54) is 11.1 Å². The summed E-state index contributed by atoms with van der Waals surface area (Å²) in [5.74, 6) is 0.585. The largest absolute Gasteiger partial charge is 0.486 e. The molecule has 2 bridgehead atoms. The molecule has 1 fully saturated rings. The smallest absolute Gasteiger partial charge is 0.407 e. The molecule has 0 saturated carbocycles. The number of fused-ring (bicyclic) bond motifs is 4. The predicted octanol–water partition coefficient (Wildman–Crippen LogP) is 1.92. The molecule has 84 valence electrons. The monoisotopic (exact) mass is 240 g/mol. The molecule has 0 unspecified atom stereocenters. The van der Waals surface area contributed by atoms with Crippen LogP contribution < -0.4 is 4.74 Å². The minimum absolute atomic E-state index is 0.0894. The van der Waals surface area contributed by atoms with Crippen LogP contribution in [0.15, 0.2) is 12.4 Å². The van der Waals surface area contributed by atoms with Crippen molar-refractivity contribution in [3.8, 4) is 5.75 Å². The highest BCUT2D eigenvalue weighted by atomic mass is 35.5. The number of rotatable bonds is 0. The summed E-state index contributed by atoms with van der Waals surface area (Å²) < 4.78 is 5.66. The Bertz CT molecular complexity index is 465. The van der Waals surface area contributed by atoms with Crippen LogP contribution in [0.1, 0.15) is 18.0 Å². The number of nitrogens with zero attached hydrogens (tertiary/aromatic N) is 2. The third-order valence-corrected chi connectivity index (χ3v) is 3.30. The number of halogens is 1. The molecule has 2 atom stereocenters. The summed E-state index contributed by atoms with van der Waals surface area (Å²) in [6, 6.07) is -0.169. The molecule has 0 aliphatic carbocycles. The molecule has 0 aromatic carbocycles. The van der Waals surface area contributed by atoms with Crippen LogP contribution in [0, 0.1) is 0 Å². The van der Waals surface area contributed by atoms with Crippen molar-refractivity contribution in [1.29, 1.82) is 0 Å². The van der Waals surface area contributed by atoms with Crippen LogP contribution in [0.3, 0.4) is 0 Å². The second kappa shape index (κ2) is 3.25. The van der Waals surface area contributed by atoms with E-state index >= 15 is 0 Å². The number of carbonyl (C=O) groups is 1. The van der Waals surface area contributed by atoms with E-state index in [0.29, 0.717) is 23.7 Å². The van der Waals surface area contributed by atoms with Crippen molar-refractivity contribution >= 4 is 17.7 Å². The molecule has 1 amide bonds. The molecular formula is C10H9ClN2O3. The average Bonchev–Trinajstić information content (AvgIpc) is 2.59. The van der Waals surface area contributed by atoms with E-state index in [1.54, 1.807) is 6.20 Å². The molecule has 1 aromatic rings. The summed E-state index contributed by atoms with van der Waals surface area (Å²) >= 11 is 5.97. The minimum atomic E-state index is -0.927. The van der Waals surface area contributed by atoms with Crippen molar-refractivity contribution in [2.24, 2.45) is 0 Å². The molecular weight excluding hydrogens is 232 g/mol. The number of amides is 1. The standard InChI is InChI=1S/C10H9ClN2O3/c11-7-3-12-2-6-8-1-5(16-9(6)7)4-13(8)10(14)15/h2-3,5,8H,1,4H2,(H,14,15)/t5-,8-/m0/s1. The maximum Gasteiger partial charge on any atom is 0.407 e. The Morgan fingerprint density at radius 1 is 1.62 bits per heavy atom. The van der Waals surface area contributed by atoms with Gasteiger partial charge >= 0.3 is 6.09 Å². The van der Waals surface area contributed by atoms with E-state index in [4.69, 9.17) is 21.4 Å². The molecule has 6 heteroatoms. The zero-order valence-electron chi connectivity index (χ0n) is 8.26. The van der Waals surface area contributed by atoms with Crippen LogP contribution in [-0.4, -0.2) is 33.7 Å². The second-order valence-corrected chi connectivity index (χ2v) is 4.37. The number of hydrogen-bond donors (Lipinski definition) is 1. The first-order chi connectivity index (χ1) is 7.66. The second-order valence-electron chi connectivity index (χ2n) is 3.97. The van der Waals surface area contributed by atoms with Gasteiger partial charge in [0.15, 0.2) is 0 Å². The molecule has 0 spiro atoms. The van der Waals surface area contributed by atoms with Gasteiger partial charge in [0.2, 0.25) is 0 Å². The molecule has 3 rings (SSSR count). The van der Waals surface area contributed by atoms with Crippen LogP contribution >= 0.6 is 11.6 Å². The highest BCUT2D eigenvalue weighted by Gasteiger charge is 2.43. The van der Waals surface area contributed by atoms with Crippen LogP contribution in [0.25, 0.3) is 0 Å². The zero-order chi connectivity index (χ0) is 11.3. The molecule has 16 heavy (non-hydrogen) atoms. The summed E-state index contributed by atoms with van der Waals surface area (Å²) in [6.07, 6.45) is 2.80. The van der Waals surface area contributed by atoms with E-state index in [9.17, 15) is 4.79 Å². The molecule has 2 aliphatic heterocycles. The number of aromatic nitrogens is 1. The van der Waals surface area contributed by atoms with Crippen molar-refractivity contribution in [2.45, 2.75) is 18.6 Å². The van der Waals surface area contributed by atoms with Crippen LogP contribution in [0.4, 0.5) is 4.79 Å². The van der Waals surface area contributed by atoms with Gasteiger partial charge < -0.3 is 9.84 Å². The lowest BCUT2D eigenvalue weighted by atomic mass is 10.0. The SMILES string of the molecule is O=C(O)N1C[C@@H]2C[C@H]1c1cncc(Cl)c1O2.